The van der Waals surface area contributed by atoms with E-state index in [2.05, 4.69) is 15.9 Å². The van der Waals surface area contributed by atoms with Gasteiger partial charge in [-0.25, -0.2) is 0 Å². The highest BCUT2D eigenvalue weighted by molar-refractivity contribution is 9.09. The lowest BCUT2D eigenvalue weighted by Gasteiger charge is -2.42. The molecule has 0 bridgehead atoms. The van der Waals surface area contributed by atoms with Crippen molar-refractivity contribution in [2.75, 3.05) is 7.11 Å². The van der Waals surface area contributed by atoms with E-state index in [4.69, 9.17) is 4.74 Å². The van der Waals surface area contributed by atoms with Crippen LogP contribution in [0.1, 0.15) is 64.2 Å². The topological polar surface area (TPSA) is 9.23 Å². The first-order chi connectivity index (χ1) is 7.77. The predicted molar refractivity (Wildman–Crippen MR) is 72.1 cm³/mol. The van der Waals surface area contributed by atoms with Crippen LogP contribution in [0.3, 0.4) is 0 Å². The number of ether oxygens (including phenoxy) is 1. The fraction of sp³-hybridized carbons (Fsp3) is 1.00. The molecule has 0 saturated heterocycles. The third kappa shape index (κ3) is 2.81. The quantitative estimate of drug-likeness (QED) is 0.530. The molecule has 94 valence electrons. The fourth-order valence-electron chi connectivity index (χ4n) is 3.71. The van der Waals surface area contributed by atoms with Crippen LogP contribution in [-0.4, -0.2) is 17.5 Å². The van der Waals surface area contributed by atoms with E-state index in [0.29, 0.717) is 0 Å². The third-order valence-corrected chi connectivity index (χ3v) is 5.66. The molecular weight excluding hydrogens is 264 g/mol. The van der Waals surface area contributed by atoms with Gasteiger partial charge >= 0.3 is 0 Å². The number of methoxy groups -OCH3 is 1. The summed E-state index contributed by atoms with van der Waals surface area (Å²) in [7, 11) is 1.95. The zero-order valence-electron chi connectivity index (χ0n) is 10.5. The van der Waals surface area contributed by atoms with Crippen LogP contribution in [-0.2, 0) is 4.74 Å². The molecule has 0 spiro atoms. The molecule has 0 aromatic rings. The Balaban J connectivity index is 2.01. The van der Waals surface area contributed by atoms with Crippen LogP contribution in [0.25, 0.3) is 0 Å². The Morgan fingerprint density at radius 3 is 2.38 bits per heavy atom. The molecule has 0 aromatic carbocycles. The van der Waals surface area contributed by atoms with Crippen molar-refractivity contribution in [2.24, 2.45) is 5.92 Å². The zero-order chi connectivity index (χ0) is 11.4. The Kier molecular flexibility index (Phi) is 4.72. The second-order valence-electron chi connectivity index (χ2n) is 5.63. The summed E-state index contributed by atoms with van der Waals surface area (Å²) >= 11 is 3.79. The highest BCUT2D eigenvalue weighted by Gasteiger charge is 2.40. The van der Waals surface area contributed by atoms with Crippen molar-refractivity contribution in [1.29, 1.82) is 0 Å². The maximum atomic E-state index is 5.99. The molecule has 2 heteroatoms. The van der Waals surface area contributed by atoms with Crippen molar-refractivity contribution in [1.82, 2.24) is 0 Å². The van der Waals surface area contributed by atoms with Gasteiger partial charge in [0.05, 0.1) is 5.60 Å². The minimum Gasteiger partial charge on any atom is -0.378 e. The van der Waals surface area contributed by atoms with Crippen LogP contribution in [0.15, 0.2) is 0 Å². The molecule has 2 atom stereocenters. The fourth-order valence-corrected chi connectivity index (χ4v) is 4.30. The summed E-state index contributed by atoms with van der Waals surface area (Å²) in [6.07, 6.45) is 13.6. The van der Waals surface area contributed by atoms with Crippen LogP contribution in [0, 0.1) is 5.92 Å². The van der Waals surface area contributed by atoms with E-state index < -0.39 is 0 Å². The van der Waals surface area contributed by atoms with E-state index in [1.54, 1.807) is 0 Å². The monoisotopic (exact) mass is 288 g/mol. The van der Waals surface area contributed by atoms with E-state index in [0.717, 1.165) is 10.7 Å². The van der Waals surface area contributed by atoms with Crippen LogP contribution in [0.2, 0.25) is 0 Å². The number of alkyl halides is 1. The summed E-state index contributed by atoms with van der Waals surface area (Å²) in [4.78, 5) is 0.759. The van der Waals surface area contributed by atoms with Gasteiger partial charge in [-0.3, -0.25) is 0 Å². The van der Waals surface area contributed by atoms with Gasteiger partial charge in [-0.05, 0) is 44.4 Å². The van der Waals surface area contributed by atoms with Gasteiger partial charge in [0.1, 0.15) is 0 Å². The third-order valence-electron chi connectivity index (χ3n) is 4.75. The number of halogens is 1. The second kappa shape index (κ2) is 5.86. The minimum absolute atomic E-state index is 0.245. The van der Waals surface area contributed by atoms with Crippen molar-refractivity contribution < 1.29 is 4.74 Å². The maximum absolute atomic E-state index is 5.99. The predicted octanol–water partition coefficient (Wildman–Crippen LogP) is 4.68. The van der Waals surface area contributed by atoms with Crippen molar-refractivity contribution in [2.45, 2.75) is 74.6 Å². The van der Waals surface area contributed by atoms with Crippen molar-refractivity contribution in [3.05, 3.63) is 0 Å². The lowest BCUT2D eigenvalue weighted by atomic mass is 9.72. The first kappa shape index (κ1) is 12.9. The highest BCUT2D eigenvalue weighted by Crippen LogP contribution is 2.43. The molecule has 0 aliphatic heterocycles. The lowest BCUT2D eigenvalue weighted by Crippen LogP contribution is -2.41. The molecule has 2 unspecified atom stereocenters. The molecule has 2 aliphatic rings. The van der Waals surface area contributed by atoms with Crippen LogP contribution in [0.5, 0.6) is 0 Å². The standard InChI is InChI=1S/C14H25BrO/c1-16-14(10-3-2-4-11-14)12-6-5-7-13(15)9-8-12/h12-13H,2-11H2,1H3. The van der Waals surface area contributed by atoms with Crippen molar-refractivity contribution >= 4 is 15.9 Å². The van der Waals surface area contributed by atoms with Gasteiger partial charge in [-0.1, -0.05) is 41.6 Å². The van der Waals surface area contributed by atoms with Crippen LogP contribution < -0.4 is 0 Å². The molecule has 0 amide bonds. The Bertz CT molecular complexity index is 211. The largest absolute Gasteiger partial charge is 0.378 e. The Labute approximate surface area is 108 Å². The number of hydrogen-bond donors (Lipinski definition) is 0. The molecular formula is C14H25BrO. The summed E-state index contributed by atoms with van der Waals surface area (Å²) in [6.45, 7) is 0. The average Bonchev–Trinajstić information content (AvgIpc) is 2.55. The summed E-state index contributed by atoms with van der Waals surface area (Å²) in [5.74, 6) is 0.820. The van der Waals surface area contributed by atoms with E-state index >= 15 is 0 Å². The van der Waals surface area contributed by atoms with Gasteiger partial charge in [0.15, 0.2) is 0 Å². The van der Waals surface area contributed by atoms with Gasteiger partial charge in [-0.2, -0.15) is 0 Å². The van der Waals surface area contributed by atoms with E-state index in [9.17, 15) is 0 Å². The summed E-state index contributed by atoms with van der Waals surface area (Å²) in [5.41, 5.74) is 0.245. The Hall–Kier alpha value is 0.440. The molecule has 2 saturated carbocycles. The molecule has 2 fully saturated rings. The number of rotatable bonds is 2. The van der Waals surface area contributed by atoms with Gasteiger partial charge in [0.2, 0.25) is 0 Å². The lowest BCUT2D eigenvalue weighted by molar-refractivity contribution is -0.0882. The zero-order valence-corrected chi connectivity index (χ0v) is 12.1. The Morgan fingerprint density at radius 2 is 1.69 bits per heavy atom. The van der Waals surface area contributed by atoms with Gasteiger partial charge in [-0.15, -0.1) is 0 Å². The van der Waals surface area contributed by atoms with Crippen molar-refractivity contribution in [3.8, 4) is 0 Å². The Morgan fingerprint density at radius 1 is 0.938 bits per heavy atom. The first-order valence-electron chi connectivity index (χ1n) is 6.96. The summed E-state index contributed by atoms with van der Waals surface area (Å²) < 4.78 is 5.99. The van der Waals surface area contributed by atoms with E-state index in [-0.39, 0.29) is 5.60 Å². The van der Waals surface area contributed by atoms with Crippen LogP contribution >= 0.6 is 15.9 Å². The first-order valence-corrected chi connectivity index (χ1v) is 7.88. The van der Waals surface area contributed by atoms with E-state index in [1.807, 2.05) is 7.11 Å². The average molecular weight is 289 g/mol. The van der Waals surface area contributed by atoms with Gasteiger partial charge < -0.3 is 4.74 Å². The van der Waals surface area contributed by atoms with Crippen molar-refractivity contribution in [3.63, 3.8) is 0 Å². The van der Waals surface area contributed by atoms with E-state index in [1.165, 1.54) is 64.2 Å². The SMILES string of the molecule is COC1(C2CCCC(Br)CC2)CCCCC1. The molecule has 0 N–H and O–H groups in total. The normalized spacial score (nSPS) is 35.6. The highest BCUT2D eigenvalue weighted by atomic mass is 79.9. The second-order valence-corrected chi connectivity index (χ2v) is 6.93. The summed E-state index contributed by atoms with van der Waals surface area (Å²) in [6, 6.07) is 0. The molecule has 1 nitrogen and oxygen atoms in total. The molecule has 16 heavy (non-hydrogen) atoms. The minimum atomic E-state index is 0.245. The van der Waals surface area contributed by atoms with Gasteiger partial charge in [0.25, 0.3) is 0 Å². The summed E-state index contributed by atoms with van der Waals surface area (Å²) in [5, 5.41) is 0. The molecule has 0 heterocycles. The van der Waals surface area contributed by atoms with Gasteiger partial charge in [0, 0.05) is 11.9 Å². The molecule has 2 aliphatic carbocycles. The number of hydrogen-bond acceptors (Lipinski definition) is 1. The molecule has 2 rings (SSSR count). The molecule has 0 radical (unpaired) electrons. The smallest absolute Gasteiger partial charge is 0.0706 e. The molecule has 0 aromatic heterocycles. The van der Waals surface area contributed by atoms with Crippen LogP contribution in [0.4, 0.5) is 0 Å². The maximum Gasteiger partial charge on any atom is 0.0706 e.